The van der Waals surface area contributed by atoms with Crippen LogP contribution < -0.4 is 11.5 Å². The zero-order valence-electron chi connectivity index (χ0n) is 9.82. The summed E-state index contributed by atoms with van der Waals surface area (Å²) >= 11 is 4.70. The summed E-state index contributed by atoms with van der Waals surface area (Å²) in [6.45, 7) is 0. The second kappa shape index (κ2) is 5.83. The Kier molecular flexibility index (Phi) is 3.94. The summed E-state index contributed by atoms with van der Waals surface area (Å²) in [5, 5.41) is 0. The number of hydrogen-bond donors (Lipinski definition) is 3. The Morgan fingerprint density at radius 2 is 2.11 bits per heavy atom. The van der Waals surface area contributed by atoms with E-state index in [-0.39, 0.29) is 0 Å². The zero-order chi connectivity index (χ0) is 13.7. The number of imidazole rings is 1. The molecule has 3 heterocycles. The minimum atomic E-state index is 0.392. The third-order valence-electron chi connectivity index (χ3n) is 2.19. The van der Waals surface area contributed by atoms with Crippen molar-refractivity contribution in [1.29, 1.82) is 0 Å². The minimum Gasteiger partial charge on any atom is -0.389 e. The van der Waals surface area contributed by atoms with Gasteiger partial charge in [-0.3, -0.25) is 4.98 Å². The summed E-state index contributed by atoms with van der Waals surface area (Å²) in [4.78, 5) is 18.6. The van der Waals surface area contributed by atoms with E-state index in [1.807, 2.05) is 6.07 Å². The molecular formula is C11H11N7S. The summed E-state index contributed by atoms with van der Waals surface area (Å²) < 4.78 is 0. The predicted octanol–water partition coefficient (Wildman–Crippen LogP) is 0.651. The Labute approximate surface area is 114 Å². The van der Waals surface area contributed by atoms with Crippen molar-refractivity contribution in [2.24, 2.45) is 5.73 Å². The van der Waals surface area contributed by atoms with Crippen LogP contribution >= 0.6 is 12.2 Å². The molecule has 0 saturated carbocycles. The third-order valence-corrected chi connectivity index (χ3v) is 2.43. The molecule has 5 N–H and O–H groups in total. The molecule has 0 aromatic carbocycles. The van der Waals surface area contributed by atoms with E-state index in [0.717, 1.165) is 5.56 Å². The first kappa shape index (κ1) is 12.8. The maximum Gasteiger partial charge on any atom is 0.162 e. The topological polar surface area (TPSA) is 119 Å². The SMILES string of the molecule is NC(=S)c1cccnc1.Nc1ncnc2[nH]cnc12. The van der Waals surface area contributed by atoms with Crippen LogP contribution in [0, 0.1) is 0 Å². The quantitative estimate of drug-likeness (QED) is 0.557. The van der Waals surface area contributed by atoms with E-state index >= 15 is 0 Å². The van der Waals surface area contributed by atoms with Gasteiger partial charge in [0.1, 0.15) is 16.8 Å². The van der Waals surface area contributed by atoms with Gasteiger partial charge in [0.15, 0.2) is 11.5 Å². The van der Waals surface area contributed by atoms with E-state index < -0.39 is 0 Å². The van der Waals surface area contributed by atoms with Crippen LogP contribution in [0.3, 0.4) is 0 Å². The number of pyridine rings is 1. The molecule has 7 nitrogen and oxygen atoms in total. The van der Waals surface area contributed by atoms with E-state index in [4.69, 9.17) is 23.7 Å². The third kappa shape index (κ3) is 3.19. The number of nitrogen functional groups attached to an aromatic ring is 1. The number of rotatable bonds is 1. The number of thiocarbonyl (C=S) groups is 1. The molecule has 0 aliphatic rings. The smallest absolute Gasteiger partial charge is 0.162 e. The first-order valence-electron chi connectivity index (χ1n) is 5.28. The fraction of sp³-hybridized carbons (Fsp3) is 0. The van der Waals surface area contributed by atoms with Gasteiger partial charge >= 0.3 is 0 Å². The second-order valence-corrected chi connectivity index (χ2v) is 3.90. The predicted molar refractivity (Wildman–Crippen MR) is 76.2 cm³/mol. The average molecular weight is 273 g/mol. The molecule has 0 amide bonds. The fourth-order valence-corrected chi connectivity index (χ4v) is 1.41. The number of hydrogen-bond acceptors (Lipinski definition) is 6. The van der Waals surface area contributed by atoms with Crippen LogP contribution in [-0.2, 0) is 0 Å². The molecule has 0 aliphatic heterocycles. The molecule has 0 aliphatic carbocycles. The monoisotopic (exact) mass is 273 g/mol. The number of fused-ring (bicyclic) bond motifs is 1. The number of aromatic nitrogens is 5. The van der Waals surface area contributed by atoms with Crippen LogP contribution in [-0.4, -0.2) is 29.9 Å². The lowest BCUT2D eigenvalue weighted by Gasteiger charge is -1.92. The van der Waals surface area contributed by atoms with E-state index in [1.54, 1.807) is 18.5 Å². The van der Waals surface area contributed by atoms with Gasteiger partial charge in [-0.05, 0) is 12.1 Å². The highest BCUT2D eigenvalue weighted by Crippen LogP contribution is 2.09. The fourth-order valence-electron chi connectivity index (χ4n) is 1.29. The highest BCUT2D eigenvalue weighted by Gasteiger charge is 1.99. The number of nitrogens with one attached hydrogen (secondary N) is 1. The van der Waals surface area contributed by atoms with Crippen LogP contribution in [0.25, 0.3) is 11.2 Å². The normalized spacial score (nSPS) is 9.68. The lowest BCUT2D eigenvalue weighted by Crippen LogP contribution is -2.08. The molecule has 3 aromatic heterocycles. The molecular weight excluding hydrogens is 262 g/mol. The minimum absolute atomic E-state index is 0.392. The average Bonchev–Trinajstić information content (AvgIpc) is 2.90. The lowest BCUT2D eigenvalue weighted by atomic mass is 10.3. The van der Waals surface area contributed by atoms with E-state index in [1.165, 1.54) is 12.7 Å². The highest BCUT2D eigenvalue weighted by molar-refractivity contribution is 7.80. The summed E-state index contributed by atoms with van der Waals surface area (Å²) in [7, 11) is 0. The van der Waals surface area contributed by atoms with Crippen LogP contribution in [0.1, 0.15) is 5.56 Å². The molecule has 3 aromatic rings. The number of anilines is 1. The van der Waals surface area contributed by atoms with Gasteiger partial charge in [-0.25, -0.2) is 15.0 Å². The molecule has 0 unspecified atom stereocenters. The van der Waals surface area contributed by atoms with Gasteiger partial charge in [-0.15, -0.1) is 0 Å². The van der Waals surface area contributed by atoms with Gasteiger partial charge < -0.3 is 16.5 Å². The van der Waals surface area contributed by atoms with Gasteiger partial charge in [0.2, 0.25) is 0 Å². The summed E-state index contributed by atoms with van der Waals surface area (Å²) in [6, 6.07) is 3.63. The van der Waals surface area contributed by atoms with Gasteiger partial charge in [0.05, 0.1) is 6.33 Å². The largest absolute Gasteiger partial charge is 0.389 e. The van der Waals surface area contributed by atoms with Crippen molar-refractivity contribution in [3.8, 4) is 0 Å². The number of nitrogens with two attached hydrogens (primary N) is 2. The molecule has 8 heteroatoms. The molecule has 96 valence electrons. The van der Waals surface area contributed by atoms with E-state index in [9.17, 15) is 0 Å². The van der Waals surface area contributed by atoms with Crippen LogP contribution in [0.5, 0.6) is 0 Å². The maximum absolute atomic E-state index is 5.47. The van der Waals surface area contributed by atoms with E-state index in [2.05, 4.69) is 24.9 Å². The van der Waals surface area contributed by atoms with Crippen LogP contribution in [0.2, 0.25) is 0 Å². The second-order valence-electron chi connectivity index (χ2n) is 3.46. The van der Waals surface area contributed by atoms with Gasteiger partial charge in [-0.1, -0.05) is 12.2 Å². The molecule has 0 bridgehead atoms. The summed E-state index contributed by atoms with van der Waals surface area (Å²) in [6.07, 6.45) is 6.26. The van der Waals surface area contributed by atoms with Crippen molar-refractivity contribution in [2.45, 2.75) is 0 Å². The van der Waals surface area contributed by atoms with Gasteiger partial charge in [-0.2, -0.15) is 0 Å². The lowest BCUT2D eigenvalue weighted by molar-refractivity contribution is 1.21. The van der Waals surface area contributed by atoms with Crippen molar-refractivity contribution in [2.75, 3.05) is 5.73 Å². The van der Waals surface area contributed by atoms with Crippen molar-refractivity contribution in [1.82, 2.24) is 24.9 Å². The van der Waals surface area contributed by atoms with E-state index in [0.29, 0.717) is 22.0 Å². The summed E-state index contributed by atoms with van der Waals surface area (Å²) in [5.41, 5.74) is 12.9. The Bertz CT molecular complexity index is 680. The Balaban J connectivity index is 0.000000141. The Hall–Kier alpha value is -2.61. The highest BCUT2D eigenvalue weighted by atomic mass is 32.1. The molecule has 0 atom stereocenters. The first-order valence-corrected chi connectivity index (χ1v) is 5.68. The molecule has 19 heavy (non-hydrogen) atoms. The summed E-state index contributed by atoms with van der Waals surface area (Å²) in [5.74, 6) is 0.409. The maximum atomic E-state index is 5.47. The molecule has 0 radical (unpaired) electrons. The number of nitrogens with zero attached hydrogens (tertiary/aromatic N) is 4. The molecule has 0 saturated heterocycles. The van der Waals surface area contributed by atoms with Crippen molar-refractivity contribution in [3.05, 3.63) is 42.7 Å². The number of H-pyrrole nitrogens is 1. The van der Waals surface area contributed by atoms with Crippen molar-refractivity contribution < 1.29 is 0 Å². The molecule has 0 spiro atoms. The van der Waals surface area contributed by atoms with Crippen LogP contribution in [0.4, 0.5) is 5.82 Å². The van der Waals surface area contributed by atoms with Gasteiger partial charge in [0.25, 0.3) is 0 Å². The Morgan fingerprint density at radius 3 is 2.68 bits per heavy atom. The first-order chi connectivity index (χ1) is 9.18. The van der Waals surface area contributed by atoms with Crippen LogP contribution in [0.15, 0.2) is 37.2 Å². The van der Waals surface area contributed by atoms with Crippen molar-refractivity contribution >= 4 is 34.2 Å². The number of aromatic amines is 1. The van der Waals surface area contributed by atoms with Gasteiger partial charge in [0, 0.05) is 18.0 Å². The molecule has 3 rings (SSSR count). The van der Waals surface area contributed by atoms with Crippen molar-refractivity contribution in [3.63, 3.8) is 0 Å². The molecule has 0 fully saturated rings. The standard InChI is InChI=1S/C6H6N2S.C5H5N5/c7-6(9)5-2-1-3-8-4-5;6-4-3-5(9-1-7-3)10-2-8-4/h1-4H,(H2,7,9);1-2H,(H3,6,7,8,9,10). The zero-order valence-corrected chi connectivity index (χ0v) is 10.6. The Morgan fingerprint density at radius 1 is 1.26 bits per heavy atom.